The molecule has 104 valence electrons. The Morgan fingerprint density at radius 2 is 1.11 bits per heavy atom. The van der Waals surface area contributed by atoms with Crippen molar-refractivity contribution in [1.29, 1.82) is 0 Å². The Bertz CT molecular complexity index is 306. The van der Waals surface area contributed by atoms with Crippen molar-refractivity contribution in [2.24, 2.45) is 46.3 Å². The highest BCUT2D eigenvalue weighted by Crippen LogP contribution is 2.75. The van der Waals surface area contributed by atoms with Gasteiger partial charge in [-0.25, -0.2) is 0 Å². The van der Waals surface area contributed by atoms with Crippen molar-refractivity contribution in [3.05, 3.63) is 0 Å². The monoisotopic (exact) mass is 248 g/mol. The van der Waals surface area contributed by atoms with E-state index in [1.54, 1.807) is 12.8 Å². The Labute approximate surface area is 114 Å². The minimum absolute atomic E-state index is 0.564. The molecule has 18 heavy (non-hydrogen) atoms. The van der Waals surface area contributed by atoms with Gasteiger partial charge in [0.2, 0.25) is 0 Å². The van der Waals surface area contributed by atoms with E-state index in [2.05, 4.69) is 41.5 Å². The van der Waals surface area contributed by atoms with Crippen LogP contribution in [0, 0.1) is 46.3 Å². The van der Waals surface area contributed by atoms with E-state index < -0.39 is 0 Å². The van der Waals surface area contributed by atoms with E-state index in [0.29, 0.717) is 10.8 Å². The zero-order chi connectivity index (χ0) is 13.3. The Balaban J connectivity index is 1.99. The Morgan fingerprint density at radius 3 is 1.44 bits per heavy atom. The molecule has 0 aromatic carbocycles. The first-order chi connectivity index (χ1) is 8.36. The highest BCUT2D eigenvalue weighted by molar-refractivity contribution is 5.17. The summed E-state index contributed by atoms with van der Waals surface area (Å²) in [5.41, 5.74) is 1.13. The van der Waals surface area contributed by atoms with Gasteiger partial charge in [0.25, 0.3) is 0 Å². The van der Waals surface area contributed by atoms with Gasteiger partial charge in [-0.2, -0.15) is 0 Å². The van der Waals surface area contributed by atoms with Crippen molar-refractivity contribution in [1.82, 2.24) is 0 Å². The zero-order valence-corrected chi connectivity index (χ0v) is 13.3. The second-order valence-corrected chi connectivity index (χ2v) is 8.62. The van der Waals surface area contributed by atoms with Crippen LogP contribution >= 0.6 is 0 Å². The van der Waals surface area contributed by atoms with Gasteiger partial charge in [-0.1, -0.05) is 54.4 Å². The van der Waals surface area contributed by atoms with Gasteiger partial charge < -0.3 is 0 Å². The number of fused-ring (bicyclic) bond motifs is 5. The van der Waals surface area contributed by atoms with E-state index in [1.807, 2.05) is 0 Å². The molecule has 0 radical (unpaired) electrons. The minimum Gasteiger partial charge on any atom is -0.0651 e. The molecule has 0 aromatic rings. The third kappa shape index (κ3) is 1.28. The van der Waals surface area contributed by atoms with Gasteiger partial charge in [-0.3, -0.25) is 0 Å². The highest BCUT2D eigenvalue weighted by atomic mass is 14.7. The van der Waals surface area contributed by atoms with E-state index in [4.69, 9.17) is 0 Å². The third-order valence-electron chi connectivity index (χ3n) is 8.14. The maximum Gasteiger partial charge on any atom is -0.0269 e. The number of hydrogen-bond acceptors (Lipinski definition) is 0. The first-order valence-corrected chi connectivity index (χ1v) is 8.36. The molecule has 0 nitrogen and oxygen atoms in total. The molecule has 0 saturated heterocycles. The highest BCUT2D eigenvalue weighted by Gasteiger charge is 2.68. The molecule has 3 saturated carbocycles. The molecule has 0 aromatic heterocycles. The van der Waals surface area contributed by atoms with Gasteiger partial charge in [-0.05, 0) is 59.2 Å². The summed E-state index contributed by atoms with van der Waals surface area (Å²) < 4.78 is 0. The average Bonchev–Trinajstić information content (AvgIpc) is 2.88. The summed E-state index contributed by atoms with van der Waals surface area (Å²) in [6.45, 7) is 15.1. The zero-order valence-electron chi connectivity index (χ0n) is 13.3. The van der Waals surface area contributed by atoms with Gasteiger partial charge in [0.05, 0.1) is 0 Å². The van der Waals surface area contributed by atoms with Crippen LogP contribution in [0.3, 0.4) is 0 Å². The van der Waals surface area contributed by atoms with Crippen LogP contribution in [0.4, 0.5) is 0 Å². The lowest BCUT2D eigenvalue weighted by molar-refractivity contribution is -0.0403. The fourth-order valence-corrected chi connectivity index (χ4v) is 6.50. The molecule has 2 bridgehead atoms. The topological polar surface area (TPSA) is 0 Å². The molecule has 3 aliphatic carbocycles. The van der Waals surface area contributed by atoms with Crippen LogP contribution in [0.15, 0.2) is 0 Å². The van der Waals surface area contributed by atoms with Crippen molar-refractivity contribution < 1.29 is 0 Å². The average molecular weight is 248 g/mol. The molecule has 0 N–H and O–H groups in total. The molecule has 3 fully saturated rings. The standard InChI is InChI=1S/C18H32/c1-7-11-9-12(8-2)16-14-10-13(15(11)16)17(3,4)18(14,5)6/h11-16H,7-10H2,1-6H3. The van der Waals surface area contributed by atoms with E-state index in [-0.39, 0.29) is 0 Å². The minimum atomic E-state index is 0.564. The molecule has 0 aliphatic heterocycles. The summed E-state index contributed by atoms with van der Waals surface area (Å²) in [6.07, 6.45) is 5.94. The lowest BCUT2D eigenvalue weighted by atomic mass is 9.53. The van der Waals surface area contributed by atoms with Crippen LogP contribution in [0.1, 0.15) is 67.2 Å². The molecule has 6 unspecified atom stereocenters. The lowest BCUT2D eigenvalue weighted by Gasteiger charge is -2.52. The van der Waals surface area contributed by atoms with E-state index in [1.165, 1.54) is 12.8 Å². The summed E-state index contributed by atoms with van der Waals surface area (Å²) in [6, 6.07) is 0. The molecular formula is C18H32. The van der Waals surface area contributed by atoms with E-state index in [0.717, 1.165) is 35.5 Å². The Morgan fingerprint density at radius 1 is 0.722 bits per heavy atom. The van der Waals surface area contributed by atoms with Crippen molar-refractivity contribution in [2.45, 2.75) is 67.2 Å². The summed E-state index contributed by atoms with van der Waals surface area (Å²) in [5, 5.41) is 0. The fourth-order valence-electron chi connectivity index (χ4n) is 6.50. The maximum absolute atomic E-state index is 2.57. The summed E-state index contributed by atoms with van der Waals surface area (Å²) >= 11 is 0. The number of hydrogen-bond donors (Lipinski definition) is 0. The molecule has 6 atom stereocenters. The maximum atomic E-state index is 2.57. The predicted octanol–water partition coefficient (Wildman–Crippen LogP) is 5.38. The first-order valence-electron chi connectivity index (χ1n) is 8.36. The predicted molar refractivity (Wildman–Crippen MR) is 78.3 cm³/mol. The quantitative estimate of drug-likeness (QED) is 0.615. The van der Waals surface area contributed by atoms with Gasteiger partial charge >= 0.3 is 0 Å². The van der Waals surface area contributed by atoms with Crippen LogP contribution in [-0.4, -0.2) is 0 Å². The summed E-state index contributed by atoms with van der Waals surface area (Å²) in [4.78, 5) is 0. The molecule has 0 heteroatoms. The van der Waals surface area contributed by atoms with Gasteiger partial charge in [0.15, 0.2) is 0 Å². The third-order valence-corrected chi connectivity index (χ3v) is 8.14. The van der Waals surface area contributed by atoms with Gasteiger partial charge in [-0.15, -0.1) is 0 Å². The second-order valence-electron chi connectivity index (χ2n) is 8.62. The Hall–Kier alpha value is 0. The lowest BCUT2D eigenvalue weighted by Crippen LogP contribution is -2.46. The first kappa shape index (κ1) is 13.0. The van der Waals surface area contributed by atoms with Crippen LogP contribution in [0.2, 0.25) is 0 Å². The van der Waals surface area contributed by atoms with Crippen molar-refractivity contribution in [3.8, 4) is 0 Å². The van der Waals surface area contributed by atoms with E-state index in [9.17, 15) is 0 Å². The SMILES string of the molecule is CCC1CC(CC)C2C1C1CC2C(C)(C)C1(C)C. The molecule has 3 rings (SSSR count). The van der Waals surface area contributed by atoms with Crippen LogP contribution in [-0.2, 0) is 0 Å². The normalized spacial score (nSPS) is 51.7. The van der Waals surface area contributed by atoms with Crippen molar-refractivity contribution >= 4 is 0 Å². The molecule has 0 heterocycles. The van der Waals surface area contributed by atoms with Crippen molar-refractivity contribution in [3.63, 3.8) is 0 Å². The second kappa shape index (κ2) is 3.76. The largest absolute Gasteiger partial charge is 0.0651 e. The molecule has 0 amide bonds. The Kier molecular flexibility index (Phi) is 2.72. The molecule has 3 aliphatic rings. The van der Waals surface area contributed by atoms with Crippen LogP contribution < -0.4 is 0 Å². The number of rotatable bonds is 2. The smallest absolute Gasteiger partial charge is 0.0269 e. The molecular weight excluding hydrogens is 216 g/mol. The summed E-state index contributed by atoms with van der Waals surface area (Å²) in [5.74, 6) is 6.28. The molecule has 0 spiro atoms. The summed E-state index contributed by atoms with van der Waals surface area (Å²) in [7, 11) is 0. The van der Waals surface area contributed by atoms with Gasteiger partial charge in [0, 0.05) is 0 Å². The van der Waals surface area contributed by atoms with Crippen LogP contribution in [0.5, 0.6) is 0 Å². The fraction of sp³-hybridized carbons (Fsp3) is 1.00. The van der Waals surface area contributed by atoms with Crippen LogP contribution in [0.25, 0.3) is 0 Å². The van der Waals surface area contributed by atoms with Gasteiger partial charge in [0.1, 0.15) is 0 Å². The van der Waals surface area contributed by atoms with E-state index >= 15 is 0 Å². The van der Waals surface area contributed by atoms with Crippen molar-refractivity contribution in [2.75, 3.05) is 0 Å².